The molecule has 0 radical (unpaired) electrons. The van der Waals surface area contributed by atoms with E-state index in [1.54, 1.807) is 11.8 Å². The number of rotatable bonds is 0. The summed E-state index contributed by atoms with van der Waals surface area (Å²) in [5.41, 5.74) is 0. The average molecular weight is 84.1 g/mol. The molecule has 0 aromatic heterocycles. The summed E-state index contributed by atoms with van der Waals surface area (Å²) in [6.45, 7) is 0. The van der Waals surface area contributed by atoms with E-state index in [4.69, 9.17) is 0 Å². The molecule has 0 spiro atoms. The summed E-state index contributed by atoms with van der Waals surface area (Å²) in [4.78, 5) is 0. The first-order valence-electron chi connectivity index (χ1n) is 1.60. The molecule has 0 amide bonds. The second kappa shape index (κ2) is 1.37. The first-order valence-corrected chi connectivity index (χ1v) is 2.58. The Morgan fingerprint density at radius 2 is 2.60 bits per heavy atom. The van der Waals surface area contributed by atoms with Crippen LogP contribution >= 0.6 is 11.8 Å². The molecule has 5 heavy (non-hydrogen) atoms. The third kappa shape index (κ3) is 0.592. The van der Waals surface area contributed by atoms with E-state index in [0.29, 0.717) is 0 Å². The topological polar surface area (TPSA) is 0 Å². The Labute approximate surface area is 36.0 Å². The second-order valence-electron chi connectivity index (χ2n) is 0.877. The molecule has 0 atom stereocenters. The highest BCUT2D eigenvalue weighted by Gasteiger charge is 1.84. The van der Waals surface area contributed by atoms with E-state index in [9.17, 15) is 0 Å². The zero-order valence-corrected chi connectivity index (χ0v) is 3.64. The van der Waals surface area contributed by atoms with Crippen LogP contribution in [0.4, 0.5) is 0 Å². The van der Waals surface area contributed by atoms with Crippen LogP contribution in [0.5, 0.6) is 0 Å². The van der Waals surface area contributed by atoms with E-state index in [-0.39, 0.29) is 0 Å². The van der Waals surface area contributed by atoms with Crippen molar-refractivity contribution < 1.29 is 0 Å². The van der Waals surface area contributed by atoms with Crippen LogP contribution in [0.15, 0.2) is 0 Å². The van der Waals surface area contributed by atoms with Gasteiger partial charge in [0.25, 0.3) is 0 Å². The van der Waals surface area contributed by atoms with Gasteiger partial charge in [0.1, 0.15) is 0 Å². The second-order valence-corrected chi connectivity index (χ2v) is 1.78. The van der Waals surface area contributed by atoms with E-state index in [1.165, 1.54) is 5.75 Å². The molecule has 0 N–H and O–H groups in total. The van der Waals surface area contributed by atoms with E-state index in [2.05, 4.69) is 11.2 Å². The van der Waals surface area contributed by atoms with Gasteiger partial charge in [0.2, 0.25) is 0 Å². The van der Waals surface area contributed by atoms with Crippen molar-refractivity contribution in [2.45, 2.75) is 6.42 Å². The fraction of sp³-hybridized carbons (Fsp3) is 0.500. The molecule has 0 aliphatic carbocycles. The van der Waals surface area contributed by atoms with E-state index in [1.807, 2.05) is 0 Å². The Bertz CT molecular complexity index is 67.4. The van der Waals surface area contributed by atoms with Gasteiger partial charge in [0.05, 0.1) is 0 Å². The summed E-state index contributed by atoms with van der Waals surface area (Å²) < 4.78 is 0. The van der Waals surface area contributed by atoms with E-state index >= 15 is 0 Å². The van der Waals surface area contributed by atoms with Gasteiger partial charge in [0, 0.05) is 12.2 Å². The molecule has 1 rings (SSSR count). The zero-order valence-electron chi connectivity index (χ0n) is 2.82. The summed E-state index contributed by atoms with van der Waals surface area (Å²) in [5, 5.41) is 2.89. The summed E-state index contributed by atoms with van der Waals surface area (Å²) in [7, 11) is 0. The van der Waals surface area contributed by atoms with Gasteiger partial charge >= 0.3 is 0 Å². The van der Waals surface area contributed by atoms with E-state index < -0.39 is 0 Å². The number of thioether (sulfide) groups is 1. The molecule has 1 heteroatoms. The summed E-state index contributed by atoms with van der Waals surface area (Å²) in [6, 6.07) is 0. The van der Waals surface area contributed by atoms with Crippen molar-refractivity contribution in [3.05, 3.63) is 0 Å². The molecule has 0 bridgehead atoms. The van der Waals surface area contributed by atoms with Crippen molar-refractivity contribution in [3.63, 3.8) is 0 Å². The van der Waals surface area contributed by atoms with Gasteiger partial charge in [0.15, 0.2) is 0 Å². The number of hydrogen-bond acceptors (Lipinski definition) is 1. The predicted octanol–water partition coefficient (Wildman–Crippen LogP) is 1.08. The summed E-state index contributed by atoms with van der Waals surface area (Å²) >= 11 is 1.71. The zero-order chi connectivity index (χ0) is 3.54. The molecule has 0 nitrogen and oxygen atoms in total. The minimum absolute atomic E-state index is 1.10. The fourth-order valence-corrected chi connectivity index (χ4v) is 0.765. The summed E-state index contributed by atoms with van der Waals surface area (Å²) in [6.07, 6.45) is 1.10. The fourth-order valence-electron chi connectivity index (χ4n) is 0.255. The van der Waals surface area contributed by atoms with Crippen LogP contribution in [0.1, 0.15) is 6.42 Å². The van der Waals surface area contributed by atoms with Gasteiger partial charge in [-0.15, -0.1) is 0 Å². The van der Waals surface area contributed by atoms with Crippen LogP contribution in [0.2, 0.25) is 0 Å². The Kier molecular flexibility index (Phi) is 0.855. The van der Waals surface area contributed by atoms with Crippen LogP contribution in [-0.4, -0.2) is 5.75 Å². The lowest BCUT2D eigenvalue weighted by Crippen LogP contribution is -1.58. The van der Waals surface area contributed by atoms with Crippen molar-refractivity contribution in [3.8, 4) is 11.2 Å². The molecule has 26 valence electrons. The molecule has 0 aromatic rings. The van der Waals surface area contributed by atoms with Crippen molar-refractivity contribution in [1.29, 1.82) is 0 Å². The average Bonchev–Trinajstić information content (AvgIpc) is 1.76. The van der Waals surface area contributed by atoms with E-state index in [0.717, 1.165) is 6.42 Å². The van der Waals surface area contributed by atoms with Crippen LogP contribution in [0.25, 0.3) is 0 Å². The first kappa shape index (κ1) is 3.11. The predicted molar refractivity (Wildman–Crippen MR) is 24.9 cm³/mol. The Hall–Kier alpha value is -0.0900. The molecular weight excluding hydrogens is 80.1 g/mol. The minimum atomic E-state index is 1.10. The molecule has 0 aromatic carbocycles. The lowest BCUT2D eigenvalue weighted by molar-refractivity contribution is 1.32. The van der Waals surface area contributed by atoms with Crippen LogP contribution in [-0.2, 0) is 0 Å². The highest BCUT2D eigenvalue weighted by molar-refractivity contribution is 8.04. The number of hydrogen-bond donors (Lipinski definition) is 0. The third-order valence-corrected chi connectivity index (χ3v) is 1.17. The lowest BCUT2D eigenvalue weighted by Gasteiger charge is -1.67. The Morgan fingerprint density at radius 3 is 2.80 bits per heavy atom. The monoisotopic (exact) mass is 84.0 g/mol. The molecule has 0 saturated carbocycles. The van der Waals surface area contributed by atoms with Crippen molar-refractivity contribution >= 4 is 11.8 Å². The summed E-state index contributed by atoms with van der Waals surface area (Å²) in [5.74, 6) is 4.13. The van der Waals surface area contributed by atoms with Crippen molar-refractivity contribution in [2.24, 2.45) is 0 Å². The molecule has 0 unspecified atom stereocenters. The van der Waals surface area contributed by atoms with Crippen LogP contribution < -0.4 is 0 Å². The maximum absolute atomic E-state index is 2.94. The minimum Gasteiger partial charge on any atom is -0.0904 e. The lowest BCUT2D eigenvalue weighted by atomic mass is 10.5. The SMILES string of the molecule is C1#CSCC1. The highest BCUT2D eigenvalue weighted by Crippen LogP contribution is 2.03. The molecule has 1 aliphatic rings. The molecular formula is C4H4S. The Balaban J connectivity index is 2.42. The Morgan fingerprint density at radius 1 is 1.60 bits per heavy atom. The van der Waals surface area contributed by atoms with Gasteiger partial charge in [-0.05, 0) is 5.25 Å². The maximum Gasteiger partial charge on any atom is 0.0198 e. The largest absolute Gasteiger partial charge is 0.0904 e. The smallest absolute Gasteiger partial charge is 0.0198 e. The first-order chi connectivity index (χ1) is 2.50. The van der Waals surface area contributed by atoms with Crippen molar-refractivity contribution in [2.75, 3.05) is 5.75 Å². The van der Waals surface area contributed by atoms with Crippen LogP contribution in [0.3, 0.4) is 0 Å². The molecule has 0 saturated heterocycles. The van der Waals surface area contributed by atoms with Gasteiger partial charge in [-0.2, -0.15) is 0 Å². The maximum atomic E-state index is 2.94. The van der Waals surface area contributed by atoms with Gasteiger partial charge in [-0.3, -0.25) is 0 Å². The highest BCUT2D eigenvalue weighted by atomic mass is 32.2. The van der Waals surface area contributed by atoms with Gasteiger partial charge in [-0.1, -0.05) is 17.7 Å². The van der Waals surface area contributed by atoms with Gasteiger partial charge in [-0.25, -0.2) is 0 Å². The molecule has 1 heterocycles. The third-order valence-electron chi connectivity index (χ3n) is 0.473. The molecule has 0 fully saturated rings. The molecule has 1 aliphatic heterocycles. The quantitative estimate of drug-likeness (QED) is 0.396. The van der Waals surface area contributed by atoms with Gasteiger partial charge < -0.3 is 0 Å². The van der Waals surface area contributed by atoms with Crippen molar-refractivity contribution in [1.82, 2.24) is 0 Å². The standard InChI is InChI=1S/C4H4S/c1-2-4-5-3-1/h1,3H2. The normalized spacial score (nSPS) is 17.6. The van der Waals surface area contributed by atoms with Crippen LogP contribution in [0, 0.1) is 11.2 Å².